The molecule has 1 aromatic rings. The molecule has 0 saturated heterocycles. The van der Waals surface area contributed by atoms with Crippen LogP contribution in [0, 0.1) is 5.41 Å². The van der Waals surface area contributed by atoms with Crippen molar-refractivity contribution in [1.29, 1.82) is 0 Å². The fourth-order valence-electron chi connectivity index (χ4n) is 1.76. The van der Waals surface area contributed by atoms with Gasteiger partial charge in [-0.2, -0.15) is 11.3 Å². The second kappa shape index (κ2) is 5.64. The summed E-state index contributed by atoms with van der Waals surface area (Å²) in [6, 6.07) is 2.61. The van der Waals surface area contributed by atoms with Crippen LogP contribution in [0.15, 0.2) is 16.8 Å². The quantitative estimate of drug-likeness (QED) is 0.598. The van der Waals surface area contributed by atoms with E-state index in [4.69, 9.17) is 5.84 Å². The number of hydrogen-bond acceptors (Lipinski definition) is 3. The Kier molecular flexibility index (Phi) is 4.77. The van der Waals surface area contributed by atoms with Gasteiger partial charge in [-0.3, -0.25) is 11.3 Å². The highest BCUT2D eigenvalue weighted by atomic mass is 32.1. The lowest BCUT2D eigenvalue weighted by Gasteiger charge is -2.25. The van der Waals surface area contributed by atoms with Crippen LogP contribution in [0.3, 0.4) is 0 Å². The lowest BCUT2D eigenvalue weighted by atomic mass is 9.86. The normalized spacial score (nSPS) is 14.1. The van der Waals surface area contributed by atoms with Crippen molar-refractivity contribution < 1.29 is 0 Å². The van der Waals surface area contributed by atoms with Crippen molar-refractivity contribution in [2.24, 2.45) is 11.3 Å². The summed E-state index contributed by atoms with van der Waals surface area (Å²) in [7, 11) is 0. The number of nitrogens with one attached hydrogen (secondary N) is 1. The van der Waals surface area contributed by atoms with Crippen LogP contribution in [0.5, 0.6) is 0 Å². The molecule has 0 aromatic carbocycles. The molecular formula is C12H22N2S. The van der Waals surface area contributed by atoms with Gasteiger partial charge in [-0.15, -0.1) is 0 Å². The molecule has 0 aliphatic heterocycles. The first kappa shape index (κ1) is 12.7. The molecule has 0 fully saturated rings. The maximum atomic E-state index is 5.57. The Morgan fingerprint density at radius 2 is 2.20 bits per heavy atom. The topological polar surface area (TPSA) is 38.0 Å². The molecule has 0 amide bonds. The molecule has 1 heterocycles. The van der Waals surface area contributed by atoms with E-state index in [0.29, 0.717) is 11.5 Å². The zero-order chi connectivity index (χ0) is 11.3. The van der Waals surface area contributed by atoms with Crippen LogP contribution in [0.1, 0.15) is 39.2 Å². The van der Waals surface area contributed by atoms with Crippen molar-refractivity contribution in [2.75, 3.05) is 0 Å². The van der Waals surface area contributed by atoms with E-state index in [2.05, 4.69) is 43.0 Å². The second-order valence-corrected chi connectivity index (χ2v) is 6.08. The summed E-state index contributed by atoms with van der Waals surface area (Å²) < 4.78 is 0. The van der Waals surface area contributed by atoms with E-state index in [-0.39, 0.29) is 0 Å². The predicted octanol–water partition coefficient (Wildman–Crippen LogP) is 2.95. The standard InChI is InChI=1S/C12H22N2S/c1-12(2,3)8-11(14-13)5-4-10-6-7-15-9-10/h6-7,9,11,14H,4-5,8,13H2,1-3H3. The Bertz CT molecular complexity index is 262. The average molecular weight is 226 g/mol. The van der Waals surface area contributed by atoms with Gasteiger partial charge < -0.3 is 0 Å². The van der Waals surface area contributed by atoms with Gasteiger partial charge in [0.1, 0.15) is 0 Å². The SMILES string of the molecule is CC(C)(C)CC(CCc1ccsc1)NN. The minimum Gasteiger partial charge on any atom is -0.271 e. The Morgan fingerprint density at radius 3 is 2.67 bits per heavy atom. The van der Waals surface area contributed by atoms with Gasteiger partial charge in [0.2, 0.25) is 0 Å². The second-order valence-electron chi connectivity index (χ2n) is 5.30. The molecule has 15 heavy (non-hydrogen) atoms. The van der Waals surface area contributed by atoms with Crippen LogP contribution < -0.4 is 11.3 Å². The zero-order valence-corrected chi connectivity index (χ0v) is 10.7. The lowest BCUT2D eigenvalue weighted by Crippen LogP contribution is -2.38. The first-order chi connectivity index (χ1) is 7.01. The zero-order valence-electron chi connectivity index (χ0n) is 9.92. The van der Waals surface area contributed by atoms with Crippen molar-refractivity contribution in [3.05, 3.63) is 22.4 Å². The van der Waals surface area contributed by atoms with Crippen LogP contribution in [0.4, 0.5) is 0 Å². The third-order valence-electron chi connectivity index (χ3n) is 2.46. The molecule has 0 radical (unpaired) electrons. The first-order valence-electron chi connectivity index (χ1n) is 5.48. The maximum absolute atomic E-state index is 5.57. The van der Waals surface area contributed by atoms with E-state index in [1.807, 2.05) is 0 Å². The molecule has 0 bridgehead atoms. The smallest absolute Gasteiger partial charge is 0.0218 e. The number of hydrazine groups is 1. The predicted molar refractivity (Wildman–Crippen MR) is 67.8 cm³/mol. The summed E-state index contributed by atoms with van der Waals surface area (Å²) >= 11 is 1.76. The molecule has 2 nitrogen and oxygen atoms in total. The van der Waals surface area contributed by atoms with Crippen LogP contribution in [-0.4, -0.2) is 6.04 Å². The third kappa shape index (κ3) is 5.30. The number of rotatable bonds is 5. The molecule has 1 aromatic heterocycles. The fourth-order valence-corrected chi connectivity index (χ4v) is 2.46. The lowest BCUT2D eigenvalue weighted by molar-refractivity contribution is 0.300. The maximum Gasteiger partial charge on any atom is 0.0218 e. The molecule has 1 atom stereocenters. The van der Waals surface area contributed by atoms with Crippen LogP contribution in [0.2, 0.25) is 0 Å². The Labute approximate surface area is 96.9 Å². The molecule has 0 spiro atoms. The summed E-state index contributed by atoms with van der Waals surface area (Å²) in [5.41, 5.74) is 4.69. The number of hydrogen-bond donors (Lipinski definition) is 2. The largest absolute Gasteiger partial charge is 0.271 e. The van der Waals surface area contributed by atoms with E-state index in [1.54, 1.807) is 11.3 Å². The fraction of sp³-hybridized carbons (Fsp3) is 0.667. The average Bonchev–Trinajstić information content (AvgIpc) is 2.62. The number of nitrogens with two attached hydrogens (primary N) is 1. The van der Waals surface area contributed by atoms with E-state index in [0.717, 1.165) is 19.3 Å². The van der Waals surface area contributed by atoms with Crippen LogP contribution in [0.25, 0.3) is 0 Å². The minimum atomic E-state index is 0.339. The first-order valence-corrected chi connectivity index (χ1v) is 6.43. The van der Waals surface area contributed by atoms with Gasteiger partial charge in [0.05, 0.1) is 0 Å². The third-order valence-corrected chi connectivity index (χ3v) is 3.19. The molecule has 0 aliphatic rings. The van der Waals surface area contributed by atoms with E-state index in [9.17, 15) is 0 Å². The van der Waals surface area contributed by atoms with E-state index >= 15 is 0 Å². The Morgan fingerprint density at radius 1 is 1.47 bits per heavy atom. The van der Waals surface area contributed by atoms with Crippen LogP contribution >= 0.6 is 11.3 Å². The molecule has 1 unspecified atom stereocenters. The summed E-state index contributed by atoms with van der Waals surface area (Å²) in [6.07, 6.45) is 3.35. The molecule has 3 heteroatoms. The van der Waals surface area contributed by atoms with Gasteiger partial charge in [-0.25, -0.2) is 0 Å². The highest BCUT2D eigenvalue weighted by Gasteiger charge is 2.17. The van der Waals surface area contributed by atoms with Crippen molar-refractivity contribution in [2.45, 2.75) is 46.1 Å². The van der Waals surface area contributed by atoms with Gasteiger partial charge >= 0.3 is 0 Å². The molecule has 3 N–H and O–H groups in total. The molecule has 0 saturated carbocycles. The minimum absolute atomic E-state index is 0.339. The van der Waals surface area contributed by atoms with Crippen molar-refractivity contribution >= 4 is 11.3 Å². The summed E-state index contributed by atoms with van der Waals surface area (Å²) in [5, 5.41) is 4.34. The highest BCUT2D eigenvalue weighted by molar-refractivity contribution is 7.07. The van der Waals surface area contributed by atoms with E-state index < -0.39 is 0 Å². The highest BCUT2D eigenvalue weighted by Crippen LogP contribution is 2.22. The Balaban J connectivity index is 2.34. The Hall–Kier alpha value is -0.380. The van der Waals surface area contributed by atoms with Gasteiger partial charge in [0.15, 0.2) is 0 Å². The van der Waals surface area contributed by atoms with Crippen LogP contribution in [-0.2, 0) is 6.42 Å². The summed E-state index contributed by atoms with van der Waals surface area (Å²) in [4.78, 5) is 0. The molecule has 86 valence electrons. The van der Waals surface area contributed by atoms with Gasteiger partial charge in [0, 0.05) is 6.04 Å². The summed E-state index contributed by atoms with van der Waals surface area (Å²) in [5.74, 6) is 5.57. The van der Waals surface area contributed by atoms with Gasteiger partial charge in [-0.1, -0.05) is 20.8 Å². The monoisotopic (exact) mass is 226 g/mol. The van der Waals surface area contributed by atoms with E-state index in [1.165, 1.54) is 5.56 Å². The van der Waals surface area contributed by atoms with Crippen molar-refractivity contribution in [3.8, 4) is 0 Å². The number of aryl methyl sites for hydroxylation is 1. The van der Waals surface area contributed by atoms with Crippen molar-refractivity contribution in [3.63, 3.8) is 0 Å². The summed E-state index contributed by atoms with van der Waals surface area (Å²) in [6.45, 7) is 6.76. The molecule has 1 rings (SSSR count). The van der Waals surface area contributed by atoms with Gasteiger partial charge in [-0.05, 0) is 47.1 Å². The van der Waals surface area contributed by atoms with Crippen molar-refractivity contribution in [1.82, 2.24) is 5.43 Å². The number of thiophene rings is 1. The molecule has 0 aliphatic carbocycles. The molecular weight excluding hydrogens is 204 g/mol. The van der Waals surface area contributed by atoms with Gasteiger partial charge in [0.25, 0.3) is 0 Å².